The molecule has 0 spiro atoms. The fourth-order valence-corrected chi connectivity index (χ4v) is 0. The number of hydrazine groups is 4. The molecule has 0 bridgehead atoms. The molecule has 0 unspecified atom stereocenters. The summed E-state index contributed by atoms with van der Waals surface area (Å²) in [7, 11) is -10.6. The van der Waals surface area contributed by atoms with E-state index in [1.807, 2.05) is 0 Å². The molecule has 0 amide bonds. The van der Waals surface area contributed by atoms with E-state index in [4.69, 9.17) is 9.11 Å². The highest BCUT2D eigenvalue weighted by Crippen LogP contribution is 1.90. The largest absolute Gasteiger partial charge is 0.397 e. The molecule has 12 N–H and O–H groups in total. The molecular formula is H12N6O6S2. The monoisotopic (exact) mass is 256 g/mol. The summed E-state index contributed by atoms with van der Waals surface area (Å²) in [6, 6.07) is 0. The zero-order valence-corrected chi connectivity index (χ0v) is 8.29. The minimum Gasteiger partial charge on any atom is -0.272 e. The van der Waals surface area contributed by atoms with Crippen molar-refractivity contribution < 1.29 is 25.9 Å². The first-order chi connectivity index (χ1) is 6.08. The highest BCUT2D eigenvalue weighted by atomic mass is 33.2. The van der Waals surface area contributed by atoms with Crippen LogP contribution >= 0.6 is 0 Å². The molecule has 90 valence electrons. The topological polar surface area (TPSA) is 237 Å². The lowest BCUT2D eigenvalue weighted by Gasteiger charge is -1.84. The van der Waals surface area contributed by atoms with Gasteiger partial charge in [0.15, 0.2) is 0 Å². The van der Waals surface area contributed by atoms with Gasteiger partial charge >= 0.3 is 18.3 Å². The summed E-state index contributed by atoms with van der Waals surface area (Å²) in [6.45, 7) is 0. The van der Waals surface area contributed by atoms with Crippen molar-refractivity contribution in [1.29, 1.82) is 0 Å². The molecule has 0 aliphatic carbocycles. The molecule has 0 saturated carbocycles. The molecule has 0 saturated heterocycles. The molecule has 12 nitrogen and oxygen atoms in total. The van der Waals surface area contributed by atoms with Crippen LogP contribution in [-0.4, -0.2) is 25.9 Å². The van der Waals surface area contributed by atoms with Gasteiger partial charge in [-0.05, 0) is 0 Å². The van der Waals surface area contributed by atoms with Crippen LogP contribution in [0.15, 0.2) is 0 Å². The Bertz CT molecular complexity index is 256. The fraction of sp³-hybridized carbons (Fsp3) is 0. The Morgan fingerprint density at radius 1 is 0.714 bits per heavy atom. The number of hydrogen-bond donors (Lipinski definition) is 8. The summed E-state index contributed by atoms with van der Waals surface area (Å²) < 4.78 is 52.5. The molecular weight excluding hydrogens is 244 g/mol. The molecule has 0 fully saturated rings. The third kappa shape index (κ3) is 17.6. The van der Waals surface area contributed by atoms with Crippen LogP contribution in [0.5, 0.6) is 0 Å². The maximum atomic E-state index is 9.37. The summed E-state index contributed by atoms with van der Waals surface area (Å²) >= 11 is 0. The lowest BCUT2D eigenvalue weighted by atomic mass is 12.6. The van der Waals surface area contributed by atoms with Crippen molar-refractivity contribution in [3.63, 3.8) is 0 Å². The maximum absolute atomic E-state index is 9.37. The maximum Gasteiger partial charge on any atom is 0.397 e. The number of rotatable bonds is 1. The lowest BCUT2D eigenvalue weighted by Crippen LogP contribution is -2.29. The second-order valence-corrected chi connectivity index (χ2v) is 5.43. The third-order valence-electron chi connectivity index (χ3n) is 0.266. The van der Waals surface area contributed by atoms with Crippen LogP contribution in [0.2, 0.25) is 0 Å². The Labute approximate surface area is 79.4 Å². The quantitative estimate of drug-likeness (QED) is 0.0955. The molecule has 0 heterocycles. The van der Waals surface area contributed by atoms with E-state index >= 15 is 0 Å². The minimum absolute atomic E-state index is 1.75. The predicted molar refractivity (Wildman–Crippen MR) is 46.1 cm³/mol. The van der Waals surface area contributed by atoms with Crippen LogP contribution in [-0.2, 0) is 18.3 Å². The van der Waals surface area contributed by atoms with Crippen molar-refractivity contribution in [2.75, 3.05) is 0 Å². The molecule has 0 aromatic carbocycles. The Morgan fingerprint density at radius 3 is 0.786 bits per heavy atom. The Balaban J connectivity index is -0.000000168. The van der Waals surface area contributed by atoms with E-state index in [2.05, 4.69) is 23.4 Å². The predicted octanol–water partition coefficient (Wildman–Crippen LogP) is -4.68. The first-order valence-electron chi connectivity index (χ1n) is 2.35. The van der Waals surface area contributed by atoms with Crippen LogP contribution < -0.4 is 34.4 Å². The van der Waals surface area contributed by atoms with Gasteiger partial charge in [0.1, 0.15) is 0 Å². The van der Waals surface area contributed by atoms with Gasteiger partial charge in [-0.1, -0.05) is 0 Å². The van der Waals surface area contributed by atoms with Gasteiger partial charge in [0.25, 0.3) is 0 Å². The Morgan fingerprint density at radius 2 is 0.786 bits per heavy atom. The van der Waals surface area contributed by atoms with Gasteiger partial charge in [-0.15, -0.1) is 0 Å². The van der Waals surface area contributed by atoms with E-state index in [0.29, 0.717) is 0 Å². The Kier molecular flexibility index (Phi) is 12.5. The zero-order valence-electron chi connectivity index (χ0n) is 6.65. The second kappa shape index (κ2) is 9.15. The van der Waals surface area contributed by atoms with E-state index in [1.165, 1.54) is 0 Å². The van der Waals surface area contributed by atoms with E-state index in [0.717, 1.165) is 0 Å². The van der Waals surface area contributed by atoms with Gasteiger partial charge in [0.05, 0.1) is 0 Å². The van der Waals surface area contributed by atoms with Crippen molar-refractivity contribution >= 4 is 18.3 Å². The van der Waals surface area contributed by atoms with Crippen molar-refractivity contribution in [1.82, 2.24) is 11.1 Å². The van der Waals surface area contributed by atoms with Crippen LogP contribution in [0.1, 0.15) is 0 Å². The normalized spacial score (nSPS) is 10.4. The van der Waals surface area contributed by atoms with E-state index in [9.17, 15) is 16.8 Å². The van der Waals surface area contributed by atoms with Crippen molar-refractivity contribution in [3.05, 3.63) is 0 Å². The average molecular weight is 256 g/mol. The van der Waals surface area contributed by atoms with Gasteiger partial charge in [-0.25, -0.2) is 0 Å². The van der Waals surface area contributed by atoms with Crippen molar-refractivity contribution in [2.45, 2.75) is 0 Å². The highest BCUT2D eigenvalue weighted by Gasteiger charge is 2.22. The van der Waals surface area contributed by atoms with Crippen LogP contribution in [0.4, 0.5) is 0 Å². The Hall–Kier alpha value is -0.420. The molecule has 0 aliphatic rings. The number of nitrogens with two attached hydrogens (primary N) is 4. The summed E-state index contributed by atoms with van der Waals surface area (Å²) in [5, 5.41) is 0. The smallest absolute Gasteiger partial charge is 0.272 e. The first-order valence-corrected chi connectivity index (χ1v) is 5.75. The SMILES string of the molecule is NNN.NNN.O=S(=O)(O)S(=O)(=O)O. The molecule has 0 radical (unpaired) electrons. The zero-order chi connectivity index (χ0) is 12.4. The summed E-state index contributed by atoms with van der Waals surface area (Å²) in [4.78, 5) is 0. The number of nitrogens with one attached hydrogen (secondary N) is 2. The standard InChI is InChI=1S/2H5N3.H2O6S2/c2*1-3-2;1-7(2,3)8(4,5)6/h2*3H,1-2H2;(H,1,2,3)(H,4,5,6). The highest BCUT2D eigenvalue weighted by molar-refractivity contribution is 8.62. The van der Waals surface area contributed by atoms with E-state index in [-0.39, 0.29) is 0 Å². The number of hydrogen-bond acceptors (Lipinski definition) is 10. The molecule has 0 aromatic heterocycles. The van der Waals surface area contributed by atoms with E-state index < -0.39 is 18.3 Å². The molecule has 0 aliphatic heterocycles. The average Bonchev–Trinajstić information content (AvgIpc) is 1.85. The minimum atomic E-state index is -5.31. The fourth-order valence-electron chi connectivity index (χ4n) is 0. The van der Waals surface area contributed by atoms with Gasteiger partial charge in [-0.2, -0.15) is 27.9 Å². The first kappa shape index (κ1) is 19.2. The molecule has 14 heavy (non-hydrogen) atoms. The van der Waals surface area contributed by atoms with Gasteiger partial charge in [-0.3, -0.25) is 32.5 Å². The van der Waals surface area contributed by atoms with Gasteiger partial charge in [0.2, 0.25) is 0 Å². The van der Waals surface area contributed by atoms with Crippen LogP contribution in [0, 0.1) is 0 Å². The molecule has 14 heteroatoms. The summed E-state index contributed by atoms with van der Waals surface area (Å²) in [6.07, 6.45) is 0. The van der Waals surface area contributed by atoms with Gasteiger partial charge in [0, 0.05) is 0 Å². The molecule has 0 rings (SSSR count). The lowest BCUT2D eigenvalue weighted by molar-refractivity contribution is 0.460. The van der Waals surface area contributed by atoms with Gasteiger partial charge < -0.3 is 0 Å². The van der Waals surface area contributed by atoms with E-state index in [1.54, 1.807) is 11.1 Å². The molecule has 0 atom stereocenters. The summed E-state index contributed by atoms with van der Waals surface area (Å²) in [5.74, 6) is 17.5. The van der Waals surface area contributed by atoms with Crippen molar-refractivity contribution in [2.24, 2.45) is 23.4 Å². The molecule has 0 aromatic rings. The van der Waals surface area contributed by atoms with Crippen molar-refractivity contribution in [3.8, 4) is 0 Å². The third-order valence-corrected chi connectivity index (χ3v) is 2.40. The van der Waals surface area contributed by atoms with Crippen LogP contribution in [0.25, 0.3) is 0 Å². The second-order valence-electron chi connectivity index (χ2n) is 1.19. The van der Waals surface area contributed by atoms with Crippen LogP contribution in [0.3, 0.4) is 0 Å². The summed E-state index contributed by atoms with van der Waals surface area (Å²) in [5.41, 5.74) is 3.50.